The first-order valence-corrected chi connectivity index (χ1v) is 10.1. The van der Waals surface area contributed by atoms with Crippen molar-refractivity contribution in [2.75, 3.05) is 44.8 Å². The Labute approximate surface area is 179 Å². The van der Waals surface area contributed by atoms with Crippen LogP contribution in [0.5, 0.6) is 0 Å². The molecule has 0 aromatic heterocycles. The van der Waals surface area contributed by atoms with Gasteiger partial charge in [0.05, 0.1) is 18.8 Å². The molecule has 0 amide bonds. The maximum absolute atomic E-state index is 13.7. The summed E-state index contributed by atoms with van der Waals surface area (Å²) in [5, 5.41) is 6.00. The minimum absolute atomic E-state index is 0.0194. The molecule has 0 spiro atoms. The monoisotopic (exact) mass is 438 g/mol. The Hall–Kier alpha value is -2.81. The zero-order chi connectivity index (χ0) is 22.3. The summed E-state index contributed by atoms with van der Waals surface area (Å²) in [5.41, 5.74) is 0.973. The highest BCUT2D eigenvalue weighted by Gasteiger charge is 2.34. The molecule has 0 radical (unpaired) electrons. The summed E-state index contributed by atoms with van der Waals surface area (Å²) >= 11 is 0. The van der Waals surface area contributed by atoms with Gasteiger partial charge in [-0.25, -0.2) is 4.39 Å². The first-order chi connectivity index (χ1) is 14.9. The molecule has 0 unspecified atom stereocenters. The van der Waals surface area contributed by atoms with Crippen LogP contribution in [0.1, 0.15) is 16.7 Å². The van der Waals surface area contributed by atoms with Crippen LogP contribution in [0.15, 0.2) is 47.5 Å². The summed E-state index contributed by atoms with van der Waals surface area (Å²) in [6.07, 6.45) is -3.83. The Kier molecular flexibility index (Phi) is 7.73. The molecule has 168 valence electrons. The van der Waals surface area contributed by atoms with Crippen LogP contribution in [0.4, 0.5) is 23.2 Å². The van der Waals surface area contributed by atoms with Crippen LogP contribution in [0.3, 0.4) is 0 Å². The van der Waals surface area contributed by atoms with Crippen molar-refractivity contribution in [3.63, 3.8) is 0 Å². The molecule has 0 atom stereocenters. The van der Waals surface area contributed by atoms with Gasteiger partial charge in [0.1, 0.15) is 5.82 Å². The van der Waals surface area contributed by atoms with Gasteiger partial charge in [-0.15, -0.1) is 0 Å². The highest BCUT2D eigenvalue weighted by Crippen LogP contribution is 2.35. The number of nitrogens with zero attached hydrogens (tertiary/aromatic N) is 2. The Morgan fingerprint density at radius 3 is 2.42 bits per heavy atom. The Bertz CT molecular complexity index is 878. The van der Waals surface area contributed by atoms with E-state index in [-0.39, 0.29) is 17.9 Å². The van der Waals surface area contributed by atoms with E-state index in [1.54, 1.807) is 25.2 Å². The summed E-state index contributed by atoms with van der Waals surface area (Å²) in [5.74, 6) is 0.0989. The second kappa shape index (κ2) is 10.5. The standard InChI is InChI=1S/C22H26F4N4O/c1-27-21(28-9-8-16-2-5-18(23)6-3-16)29-15-17-4-7-19(14-20(17)22(24,25)26)30-10-12-31-13-11-30/h2-7,14H,8-13,15H2,1H3,(H2,27,28,29). The maximum atomic E-state index is 13.7. The Morgan fingerprint density at radius 1 is 1.06 bits per heavy atom. The molecule has 9 heteroatoms. The second-order valence-electron chi connectivity index (χ2n) is 7.17. The first-order valence-electron chi connectivity index (χ1n) is 10.1. The maximum Gasteiger partial charge on any atom is 0.416 e. The third-order valence-corrected chi connectivity index (χ3v) is 5.06. The quantitative estimate of drug-likeness (QED) is 0.411. The number of hydrogen-bond acceptors (Lipinski definition) is 3. The van der Waals surface area contributed by atoms with Crippen molar-refractivity contribution < 1.29 is 22.3 Å². The van der Waals surface area contributed by atoms with Gasteiger partial charge in [0.15, 0.2) is 5.96 Å². The first kappa shape index (κ1) is 22.9. The molecule has 31 heavy (non-hydrogen) atoms. The Morgan fingerprint density at radius 2 is 1.77 bits per heavy atom. The van der Waals surface area contributed by atoms with E-state index < -0.39 is 11.7 Å². The molecule has 1 saturated heterocycles. The fraction of sp³-hybridized carbons (Fsp3) is 0.409. The van der Waals surface area contributed by atoms with E-state index in [1.165, 1.54) is 24.3 Å². The number of morpholine rings is 1. The number of guanidine groups is 1. The van der Waals surface area contributed by atoms with Gasteiger partial charge in [0, 0.05) is 38.9 Å². The molecule has 1 heterocycles. The summed E-state index contributed by atoms with van der Waals surface area (Å²) in [4.78, 5) is 5.96. The molecule has 0 aliphatic carbocycles. The van der Waals surface area contributed by atoms with Gasteiger partial charge in [-0.1, -0.05) is 18.2 Å². The number of halogens is 4. The van der Waals surface area contributed by atoms with Crippen LogP contribution in [-0.2, 0) is 23.9 Å². The lowest BCUT2D eigenvalue weighted by atomic mass is 10.0. The lowest BCUT2D eigenvalue weighted by Crippen LogP contribution is -2.38. The molecule has 2 N–H and O–H groups in total. The van der Waals surface area contributed by atoms with Gasteiger partial charge in [-0.3, -0.25) is 4.99 Å². The van der Waals surface area contributed by atoms with Crippen molar-refractivity contribution in [1.82, 2.24) is 10.6 Å². The zero-order valence-electron chi connectivity index (χ0n) is 17.3. The number of ether oxygens (including phenoxy) is 1. The molecule has 5 nitrogen and oxygen atoms in total. The third kappa shape index (κ3) is 6.58. The minimum atomic E-state index is -4.46. The molecule has 0 bridgehead atoms. The zero-order valence-corrected chi connectivity index (χ0v) is 17.3. The molecular formula is C22H26F4N4O. The topological polar surface area (TPSA) is 48.9 Å². The summed E-state index contributed by atoms with van der Waals surface area (Å²) < 4.78 is 59.3. The molecule has 3 rings (SSSR count). The molecule has 2 aromatic rings. The van der Waals surface area contributed by atoms with Gasteiger partial charge >= 0.3 is 6.18 Å². The van der Waals surface area contributed by atoms with Crippen LogP contribution < -0.4 is 15.5 Å². The normalized spacial score (nSPS) is 15.1. The average Bonchev–Trinajstić information content (AvgIpc) is 2.77. The van der Waals surface area contributed by atoms with E-state index in [9.17, 15) is 17.6 Å². The number of aliphatic imine (C=N–C) groups is 1. The van der Waals surface area contributed by atoms with Crippen molar-refractivity contribution in [2.45, 2.75) is 19.1 Å². The van der Waals surface area contributed by atoms with Crippen LogP contribution in [0, 0.1) is 5.82 Å². The van der Waals surface area contributed by atoms with Crippen LogP contribution in [0.2, 0.25) is 0 Å². The fourth-order valence-corrected chi connectivity index (χ4v) is 3.38. The second-order valence-corrected chi connectivity index (χ2v) is 7.17. The largest absolute Gasteiger partial charge is 0.416 e. The highest BCUT2D eigenvalue weighted by atomic mass is 19.4. The minimum Gasteiger partial charge on any atom is -0.378 e. The van der Waals surface area contributed by atoms with Crippen LogP contribution in [0.25, 0.3) is 0 Å². The van der Waals surface area contributed by atoms with E-state index in [0.29, 0.717) is 50.9 Å². The van der Waals surface area contributed by atoms with Crippen molar-refractivity contribution in [3.8, 4) is 0 Å². The Balaban J connectivity index is 1.61. The molecule has 0 saturated carbocycles. The van der Waals surface area contributed by atoms with Gasteiger partial charge in [-0.05, 0) is 41.8 Å². The number of hydrogen-bond donors (Lipinski definition) is 2. The summed E-state index contributed by atoms with van der Waals surface area (Å²) in [7, 11) is 1.55. The van der Waals surface area contributed by atoms with Gasteiger partial charge in [-0.2, -0.15) is 13.2 Å². The van der Waals surface area contributed by atoms with Gasteiger partial charge < -0.3 is 20.3 Å². The van der Waals surface area contributed by atoms with Crippen molar-refractivity contribution in [2.24, 2.45) is 4.99 Å². The number of rotatable bonds is 6. The molecular weight excluding hydrogens is 412 g/mol. The number of alkyl halides is 3. The predicted octanol–water partition coefficient (Wildman–Crippen LogP) is 3.59. The molecule has 1 aliphatic rings. The number of nitrogens with one attached hydrogen (secondary N) is 2. The summed E-state index contributed by atoms with van der Waals surface area (Å²) in [6.45, 7) is 2.63. The van der Waals surface area contributed by atoms with Crippen molar-refractivity contribution in [3.05, 3.63) is 65.0 Å². The SMILES string of the molecule is CN=C(NCCc1ccc(F)cc1)NCc1ccc(N2CCOCC2)cc1C(F)(F)F. The van der Waals surface area contributed by atoms with E-state index in [2.05, 4.69) is 15.6 Å². The van der Waals surface area contributed by atoms with E-state index >= 15 is 0 Å². The number of anilines is 1. The summed E-state index contributed by atoms with van der Waals surface area (Å²) in [6, 6.07) is 10.6. The third-order valence-electron chi connectivity index (χ3n) is 5.06. The molecule has 2 aromatic carbocycles. The van der Waals surface area contributed by atoms with Crippen LogP contribution in [-0.4, -0.2) is 45.9 Å². The lowest BCUT2D eigenvalue weighted by molar-refractivity contribution is -0.138. The smallest absolute Gasteiger partial charge is 0.378 e. The van der Waals surface area contributed by atoms with Crippen molar-refractivity contribution in [1.29, 1.82) is 0 Å². The average molecular weight is 438 g/mol. The fourth-order valence-electron chi connectivity index (χ4n) is 3.38. The van der Waals surface area contributed by atoms with Crippen LogP contribution >= 0.6 is 0 Å². The lowest BCUT2D eigenvalue weighted by Gasteiger charge is -2.29. The highest BCUT2D eigenvalue weighted by molar-refractivity contribution is 5.79. The van der Waals surface area contributed by atoms with Gasteiger partial charge in [0.2, 0.25) is 0 Å². The van der Waals surface area contributed by atoms with E-state index in [0.717, 1.165) is 5.56 Å². The van der Waals surface area contributed by atoms with E-state index in [1.807, 2.05) is 4.90 Å². The van der Waals surface area contributed by atoms with Crippen molar-refractivity contribution >= 4 is 11.6 Å². The molecule has 1 aliphatic heterocycles. The molecule has 1 fully saturated rings. The van der Waals surface area contributed by atoms with Gasteiger partial charge in [0.25, 0.3) is 0 Å². The predicted molar refractivity (Wildman–Crippen MR) is 113 cm³/mol. The number of benzene rings is 2. The van der Waals surface area contributed by atoms with E-state index in [4.69, 9.17) is 4.74 Å².